The molecule has 90 valence electrons. The minimum Gasteiger partial charge on any atom is -0.302 e. The fourth-order valence-corrected chi connectivity index (χ4v) is 2.79. The number of nitrogens with zero attached hydrogens (tertiary/aromatic N) is 4. The van der Waals surface area contributed by atoms with E-state index in [-0.39, 0.29) is 0 Å². The van der Waals surface area contributed by atoms with E-state index in [4.69, 9.17) is 11.6 Å². The van der Waals surface area contributed by atoms with Gasteiger partial charge in [-0.15, -0.1) is 5.10 Å². The van der Waals surface area contributed by atoms with Crippen molar-refractivity contribution in [3.05, 3.63) is 10.0 Å². The Morgan fingerprint density at radius 3 is 3.00 bits per heavy atom. The molecule has 0 saturated carbocycles. The molecule has 0 aliphatic carbocycles. The normalized spacial score (nSPS) is 22.1. The number of likely N-dealkylation sites (tertiary alicyclic amines) is 1. The van der Waals surface area contributed by atoms with Crippen LogP contribution in [0.15, 0.2) is 0 Å². The molecule has 1 fully saturated rings. The summed E-state index contributed by atoms with van der Waals surface area (Å²) in [6, 6.07) is 0.676. The highest BCUT2D eigenvalue weighted by molar-refractivity contribution is 7.10. The number of hydrogen-bond donors (Lipinski definition) is 0. The van der Waals surface area contributed by atoms with Crippen molar-refractivity contribution in [3.63, 3.8) is 0 Å². The van der Waals surface area contributed by atoms with E-state index in [1.54, 1.807) is 0 Å². The predicted molar refractivity (Wildman–Crippen MR) is 66.9 cm³/mol. The number of aromatic nitrogens is 2. The molecule has 1 unspecified atom stereocenters. The van der Waals surface area contributed by atoms with Crippen LogP contribution in [0.3, 0.4) is 0 Å². The Labute approximate surface area is 105 Å². The molecule has 4 nitrogen and oxygen atoms in total. The Balaban J connectivity index is 1.84. The number of rotatable bonds is 4. The summed E-state index contributed by atoms with van der Waals surface area (Å²) < 4.78 is 4.56. The van der Waals surface area contributed by atoms with Crippen LogP contribution in [0.2, 0.25) is 4.34 Å². The van der Waals surface area contributed by atoms with Crippen LogP contribution in [0, 0.1) is 0 Å². The Bertz CT molecular complexity index is 343. The van der Waals surface area contributed by atoms with Gasteiger partial charge < -0.3 is 4.90 Å². The molecule has 1 aliphatic heterocycles. The SMILES string of the molecule is CN(Cc1nnsc1Cl)CC1CCCN1C. The van der Waals surface area contributed by atoms with Gasteiger partial charge in [0.05, 0.1) is 0 Å². The van der Waals surface area contributed by atoms with Crippen molar-refractivity contribution in [2.24, 2.45) is 0 Å². The maximum atomic E-state index is 5.99. The molecular formula is C10H17ClN4S. The summed E-state index contributed by atoms with van der Waals surface area (Å²) in [6.45, 7) is 3.08. The number of halogens is 1. The molecule has 1 aromatic rings. The smallest absolute Gasteiger partial charge is 0.138 e. The lowest BCUT2D eigenvalue weighted by atomic mass is 10.2. The molecule has 1 aliphatic rings. The number of likely N-dealkylation sites (N-methyl/N-ethyl adjacent to an activating group) is 2. The van der Waals surface area contributed by atoms with E-state index in [9.17, 15) is 0 Å². The molecule has 16 heavy (non-hydrogen) atoms. The topological polar surface area (TPSA) is 32.3 Å². The van der Waals surface area contributed by atoms with Crippen LogP contribution >= 0.6 is 23.1 Å². The van der Waals surface area contributed by atoms with E-state index in [0.717, 1.165) is 18.8 Å². The first-order valence-electron chi connectivity index (χ1n) is 5.52. The van der Waals surface area contributed by atoms with Crippen molar-refractivity contribution >= 4 is 23.1 Å². The third-order valence-corrected chi connectivity index (χ3v) is 4.11. The first-order valence-corrected chi connectivity index (χ1v) is 6.67. The Hall–Kier alpha value is -0.230. The molecule has 0 aromatic carbocycles. The van der Waals surface area contributed by atoms with Crippen LogP contribution in [-0.4, -0.2) is 52.6 Å². The first kappa shape index (κ1) is 12.2. The monoisotopic (exact) mass is 260 g/mol. The van der Waals surface area contributed by atoms with Gasteiger partial charge in [-0.05, 0) is 33.5 Å². The zero-order valence-corrected chi connectivity index (χ0v) is 11.3. The molecule has 1 atom stereocenters. The summed E-state index contributed by atoms with van der Waals surface area (Å²) in [5, 5.41) is 4.03. The molecule has 2 rings (SSSR count). The van der Waals surface area contributed by atoms with Crippen LogP contribution in [0.5, 0.6) is 0 Å². The highest BCUT2D eigenvalue weighted by Gasteiger charge is 2.22. The molecule has 0 spiro atoms. The van der Waals surface area contributed by atoms with Gasteiger partial charge in [-0.3, -0.25) is 4.90 Å². The molecule has 0 radical (unpaired) electrons. The second-order valence-corrected chi connectivity index (χ2v) is 5.82. The molecule has 1 aromatic heterocycles. The minimum absolute atomic E-state index is 0.676. The molecule has 0 amide bonds. The van der Waals surface area contributed by atoms with Crippen LogP contribution in [0.25, 0.3) is 0 Å². The lowest BCUT2D eigenvalue weighted by Crippen LogP contribution is -2.36. The molecule has 6 heteroatoms. The van der Waals surface area contributed by atoms with Crippen LogP contribution in [0.1, 0.15) is 18.5 Å². The molecule has 1 saturated heterocycles. The van der Waals surface area contributed by atoms with E-state index in [1.165, 1.54) is 30.9 Å². The van der Waals surface area contributed by atoms with Gasteiger partial charge in [0.25, 0.3) is 0 Å². The maximum absolute atomic E-state index is 5.99. The van der Waals surface area contributed by atoms with Crippen LogP contribution in [-0.2, 0) is 6.54 Å². The summed E-state index contributed by atoms with van der Waals surface area (Å²) in [7, 11) is 4.31. The average molecular weight is 261 g/mol. The predicted octanol–water partition coefficient (Wildman–Crippen LogP) is 1.72. The quantitative estimate of drug-likeness (QED) is 0.825. The second kappa shape index (κ2) is 5.40. The van der Waals surface area contributed by atoms with Gasteiger partial charge in [0.15, 0.2) is 0 Å². The Morgan fingerprint density at radius 1 is 1.62 bits per heavy atom. The lowest BCUT2D eigenvalue weighted by Gasteiger charge is -2.25. The van der Waals surface area contributed by atoms with Crippen molar-refractivity contribution in [1.29, 1.82) is 0 Å². The third-order valence-electron chi connectivity index (χ3n) is 3.12. The lowest BCUT2D eigenvalue weighted by molar-refractivity contribution is 0.214. The van der Waals surface area contributed by atoms with Gasteiger partial charge in [0.1, 0.15) is 10.0 Å². The summed E-state index contributed by atoms with van der Waals surface area (Å²) in [6.07, 6.45) is 2.61. The summed E-state index contributed by atoms with van der Waals surface area (Å²) in [4.78, 5) is 4.70. The zero-order valence-electron chi connectivity index (χ0n) is 9.69. The van der Waals surface area contributed by atoms with Crippen LogP contribution < -0.4 is 0 Å². The third kappa shape index (κ3) is 2.91. The fourth-order valence-electron chi connectivity index (χ4n) is 2.18. The standard InChI is InChI=1S/C10H17ClN4S/c1-14(6-8-4-3-5-15(8)2)7-9-10(11)16-13-12-9/h8H,3-7H2,1-2H3. The first-order chi connectivity index (χ1) is 7.66. The summed E-state index contributed by atoms with van der Waals surface area (Å²) >= 11 is 7.24. The molecule has 0 bridgehead atoms. The van der Waals surface area contributed by atoms with E-state index >= 15 is 0 Å². The maximum Gasteiger partial charge on any atom is 0.138 e. The minimum atomic E-state index is 0.676. The van der Waals surface area contributed by atoms with E-state index in [1.807, 2.05) is 0 Å². The highest BCUT2D eigenvalue weighted by Crippen LogP contribution is 2.20. The zero-order chi connectivity index (χ0) is 11.5. The van der Waals surface area contributed by atoms with E-state index in [2.05, 4.69) is 33.5 Å². The summed E-state index contributed by atoms with van der Waals surface area (Å²) in [5.41, 5.74) is 0.898. The van der Waals surface area contributed by atoms with Crippen molar-refractivity contribution in [2.75, 3.05) is 27.2 Å². The van der Waals surface area contributed by atoms with Gasteiger partial charge in [0.2, 0.25) is 0 Å². The van der Waals surface area contributed by atoms with Gasteiger partial charge in [-0.2, -0.15) is 0 Å². The molecule has 2 heterocycles. The van der Waals surface area contributed by atoms with Crippen LogP contribution in [0.4, 0.5) is 0 Å². The molecular weight excluding hydrogens is 244 g/mol. The van der Waals surface area contributed by atoms with Gasteiger partial charge in [-0.25, -0.2) is 0 Å². The summed E-state index contributed by atoms with van der Waals surface area (Å²) in [5.74, 6) is 0. The van der Waals surface area contributed by atoms with Crippen molar-refractivity contribution in [3.8, 4) is 0 Å². The average Bonchev–Trinajstić information content (AvgIpc) is 2.79. The number of hydrogen-bond acceptors (Lipinski definition) is 5. The van der Waals surface area contributed by atoms with Gasteiger partial charge >= 0.3 is 0 Å². The van der Waals surface area contributed by atoms with Gasteiger partial charge in [-0.1, -0.05) is 16.1 Å². The van der Waals surface area contributed by atoms with E-state index in [0.29, 0.717) is 10.4 Å². The molecule has 0 N–H and O–H groups in total. The van der Waals surface area contributed by atoms with Crippen molar-refractivity contribution in [1.82, 2.24) is 19.4 Å². The van der Waals surface area contributed by atoms with Gasteiger partial charge in [0, 0.05) is 30.7 Å². The fraction of sp³-hybridized carbons (Fsp3) is 0.800. The highest BCUT2D eigenvalue weighted by atomic mass is 35.5. The second-order valence-electron chi connectivity index (χ2n) is 4.47. The Morgan fingerprint density at radius 2 is 2.44 bits per heavy atom. The Kier molecular flexibility index (Phi) is 4.13. The van der Waals surface area contributed by atoms with Crippen molar-refractivity contribution in [2.45, 2.75) is 25.4 Å². The van der Waals surface area contributed by atoms with E-state index < -0.39 is 0 Å². The van der Waals surface area contributed by atoms with Crippen molar-refractivity contribution < 1.29 is 0 Å². The largest absolute Gasteiger partial charge is 0.302 e.